The van der Waals surface area contributed by atoms with Crippen molar-refractivity contribution in [3.63, 3.8) is 0 Å². The third-order valence-electron chi connectivity index (χ3n) is 2.89. The van der Waals surface area contributed by atoms with E-state index >= 15 is 0 Å². The van der Waals surface area contributed by atoms with Crippen molar-refractivity contribution in [1.29, 1.82) is 0 Å². The minimum Gasteiger partial charge on any atom is -0.389 e. The highest BCUT2D eigenvalue weighted by Crippen LogP contribution is 2.29. The van der Waals surface area contributed by atoms with Crippen LogP contribution in [0.15, 0.2) is 23.1 Å². The van der Waals surface area contributed by atoms with E-state index in [0.29, 0.717) is 13.0 Å². The highest BCUT2D eigenvalue weighted by molar-refractivity contribution is 7.89. The van der Waals surface area contributed by atoms with E-state index in [1.165, 1.54) is 22.5 Å². The van der Waals surface area contributed by atoms with Crippen molar-refractivity contribution < 1.29 is 13.5 Å². The summed E-state index contributed by atoms with van der Waals surface area (Å²) in [6.45, 7) is 1.99. The molecule has 1 aromatic carbocycles. The molecule has 0 aliphatic carbocycles. The van der Waals surface area contributed by atoms with Gasteiger partial charge in [-0.3, -0.25) is 0 Å². The summed E-state index contributed by atoms with van der Waals surface area (Å²) in [7, 11) is -3.65. The lowest BCUT2D eigenvalue weighted by molar-refractivity contribution is 0.0762. The number of hydrogen-bond acceptors (Lipinski definition) is 3. The van der Waals surface area contributed by atoms with Gasteiger partial charge in [-0.05, 0) is 31.5 Å². The predicted octanol–water partition coefficient (Wildman–Crippen LogP) is 2.14. The van der Waals surface area contributed by atoms with Crippen LogP contribution in [0.4, 0.5) is 0 Å². The van der Waals surface area contributed by atoms with Crippen LogP contribution >= 0.6 is 23.2 Å². The van der Waals surface area contributed by atoms with Gasteiger partial charge in [0.05, 0.1) is 10.5 Å². The van der Waals surface area contributed by atoms with Gasteiger partial charge in [-0.1, -0.05) is 23.2 Å². The van der Waals surface area contributed by atoms with Gasteiger partial charge in [0, 0.05) is 23.1 Å². The summed E-state index contributed by atoms with van der Waals surface area (Å²) >= 11 is 11.6. The molecular formula is C11H13Cl2NO3S. The highest BCUT2D eigenvalue weighted by atomic mass is 35.5. The molecule has 18 heavy (non-hydrogen) atoms. The highest BCUT2D eigenvalue weighted by Gasteiger charge is 2.38. The van der Waals surface area contributed by atoms with Gasteiger partial charge in [0.2, 0.25) is 10.0 Å². The van der Waals surface area contributed by atoms with Crippen LogP contribution in [0.1, 0.15) is 13.3 Å². The molecule has 1 saturated heterocycles. The van der Waals surface area contributed by atoms with E-state index in [0.717, 1.165) is 0 Å². The van der Waals surface area contributed by atoms with Gasteiger partial charge in [-0.15, -0.1) is 0 Å². The molecule has 100 valence electrons. The topological polar surface area (TPSA) is 57.6 Å². The predicted molar refractivity (Wildman–Crippen MR) is 70.5 cm³/mol. The summed E-state index contributed by atoms with van der Waals surface area (Å²) in [5.74, 6) is 0. The Morgan fingerprint density at radius 2 is 1.83 bits per heavy atom. The summed E-state index contributed by atoms with van der Waals surface area (Å²) in [6, 6.07) is 4.19. The normalized spacial score (nSPS) is 25.6. The molecular weight excluding hydrogens is 297 g/mol. The number of rotatable bonds is 2. The van der Waals surface area contributed by atoms with Gasteiger partial charge in [0.15, 0.2) is 0 Å². The Morgan fingerprint density at radius 3 is 2.28 bits per heavy atom. The quantitative estimate of drug-likeness (QED) is 0.910. The fraction of sp³-hybridized carbons (Fsp3) is 0.455. The largest absolute Gasteiger partial charge is 0.389 e. The average Bonchev–Trinajstić information content (AvgIpc) is 2.58. The Morgan fingerprint density at radius 1 is 1.28 bits per heavy atom. The van der Waals surface area contributed by atoms with Crippen molar-refractivity contribution in [1.82, 2.24) is 4.31 Å². The fourth-order valence-electron chi connectivity index (χ4n) is 1.94. The van der Waals surface area contributed by atoms with Crippen LogP contribution in [0.3, 0.4) is 0 Å². The van der Waals surface area contributed by atoms with Crippen LogP contribution in [-0.2, 0) is 10.0 Å². The van der Waals surface area contributed by atoms with Crippen LogP contribution in [0.2, 0.25) is 10.0 Å². The summed E-state index contributed by atoms with van der Waals surface area (Å²) in [5.41, 5.74) is -0.977. The Balaban J connectivity index is 2.37. The fourth-order valence-corrected chi connectivity index (χ4v) is 4.22. The molecule has 1 unspecified atom stereocenters. The molecule has 0 bridgehead atoms. The average molecular weight is 310 g/mol. The maximum absolute atomic E-state index is 12.3. The zero-order chi connectivity index (χ0) is 13.6. The van der Waals surface area contributed by atoms with Crippen LogP contribution in [0, 0.1) is 0 Å². The minimum atomic E-state index is -3.65. The van der Waals surface area contributed by atoms with E-state index in [1.54, 1.807) is 6.92 Å². The molecule has 1 aliphatic rings. The van der Waals surface area contributed by atoms with E-state index in [-0.39, 0.29) is 21.5 Å². The zero-order valence-electron chi connectivity index (χ0n) is 9.73. The number of nitrogens with zero attached hydrogens (tertiary/aromatic N) is 1. The molecule has 1 N–H and O–H groups in total. The van der Waals surface area contributed by atoms with Crippen molar-refractivity contribution in [3.8, 4) is 0 Å². The van der Waals surface area contributed by atoms with E-state index in [9.17, 15) is 13.5 Å². The molecule has 0 saturated carbocycles. The summed E-state index contributed by atoms with van der Waals surface area (Å²) in [5, 5.41) is 10.4. The second kappa shape index (κ2) is 4.65. The Hall–Kier alpha value is -0.330. The lowest BCUT2D eigenvalue weighted by Crippen LogP contribution is -2.33. The third-order valence-corrected chi connectivity index (χ3v) is 5.15. The smallest absolute Gasteiger partial charge is 0.243 e. The second-order valence-electron chi connectivity index (χ2n) is 4.69. The molecule has 7 heteroatoms. The summed E-state index contributed by atoms with van der Waals surface area (Å²) in [4.78, 5) is 0.0534. The van der Waals surface area contributed by atoms with Gasteiger partial charge in [-0.25, -0.2) is 8.42 Å². The number of sulfonamides is 1. The third kappa shape index (κ3) is 2.81. The van der Waals surface area contributed by atoms with Crippen molar-refractivity contribution in [2.45, 2.75) is 23.8 Å². The first kappa shape index (κ1) is 14.1. The number of halogens is 2. The van der Waals surface area contributed by atoms with Gasteiger partial charge in [0.25, 0.3) is 0 Å². The molecule has 4 nitrogen and oxygen atoms in total. The Kier molecular flexibility index (Phi) is 3.64. The van der Waals surface area contributed by atoms with Crippen LogP contribution < -0.4 is 0 Å². The molecule has 0 aromatic heterocycles. The van der Waals surface area contributed by atoms with Crippen LogP contribution in [-0.4, -0.2) is 36.5 Å². The van der Waals surface area contributed by atoms with Crippen molar-refractivity contribution in [3.05, 3.63) is 28.2 Å². The molecule has 1 heterocycles. The molecule has 1 aromatic rings. The standard InChI is InChI=1S/C11H13Cl2NO3S/c1-11(15)2-3-14(7-11)18(16,17)10-5-8(12)4-9(13)6-10/h4-6,15H,2-3,7H2,1H3. The second-order valence-corrected chi connectivity index (χ2v) is 7.50. The first-order valence-corrected chi connectivity index (χ1v) is 7.59. The van der Waals surface area contributed by atoms with Gasteiger partial charge in [0.1, 0.15) is 0 Å². The van der Waals surface area contributed by atoms with Crippen LogP contribution in [0.5, 0.6) is 0 Å². The van der Waals surface area contributed by atoms with E-state index in [4.69, 9.17) is 23.2 Å². The lowest BCUT2D eigenvalue weighted by Gasteiger charge is -2.19. The number of benzene rings is 1. The van der Waals surface area contributed by atoms with E-state index < -0.39 is 15.6 Å². The molecule has 1 atom stereocenters. The molecule has 2 rings (SSSR count). The van der Waals surface area contributed by atoms with Crippen molar-refractivity contribution >= 4 is 33.2 Å². The first-order chi connectivity index (χ1) is 8.21. The van der Waals surface area contributed by atoms with E-state index in [1.807, 2.05) is 0 Å². The SMILES string of the molecule is CC1(O)CCN(S(=O)(=O)c2cc(Cl)cc(Cl)c2)C1. The first-order valence-electron chi connectivity index (χ1n) is 5.39. The Labute approximate surface area is 116 Å². The Bertz CT molecular complexity index is 551. The lowest BCUT2D eigenvalue weighted by atomic mass is 10.1. The molecule has 0 amide bonds. The molecule has 0 spiro atoms. The minimum absolute atomic E-state index is 0.0534. The molecule has 1 aliphatic heterocycles. The van der Waals surface area contributed by atoms with Gasteiger partial charge >= 0.3 is 0 Å². The summed E-state index contributed by atoms with van der Waals surface area (Å²) < 4.78 is 25.9. The van der Waals surface area contributed by atoms with E-state index in [2.05, 4.69) is 0 Å². The molecule has 1 fully saturated rings. The maximum Gasteiger partial charge on any atom is 0.243 e. The van der Waals surface area contributed by atoms with Crippen molar-refractivity contribution in [2.24, 2.45) is 0 Å². The number of β-amino-alcohol motifs (C(OH)–C–C–N with tert-alkyl or cyclic N) is 1. The zero-order valence-corrected chi connectivity index (χ0v) is 12.1. The maximum atomic E-state index is 12.3. The van der Waals surface area contributed by atoms with Crippen LogP contribution in [0.25, 0.3) is 0 Å². The van der Waals surface area contributed by atoms with Gasteiger partial charge in [-0.2, -0.15) is 4.31 Å². The number of hydrogen-bond donors (Lipinski definition) is 1. The summed E-state index contributed by atoms with van der Waals surface area (Å²) in [6.07, 6.45) is 0.417. The van der Waals surface area contributed by atoms with Crippen molar-refractivity contribution in [2.75, 3.05) is 13.1 Å². The number of aliphatic hydroxyl groups is 1. The molecule has 0 radical (unpaired) electrons. The monoisotopic (exact) mass is 309 g/mol. The van der Waals surface area contributed by atoms with Gasteiger partial charge < -0.3 is 5.11 Å².